The molecule has 104 valence electrons. The number of anilines is 1. The number of nitrogens with zero attached hydrogens (tertiary/aromatic N) is 2. The standard InChI is InChI=1S/C14H15N3O2S/c1-18-6-5-16-14-17-9-13(20-14)10-3-4-12(19-2)11(7-10)8-15/h3-4,7,9H,5-6H2,1-2H3,(H,16,17). The normalized spacial score (nSPS) is 10.1. The van der Waals surface area contributed by atoms with Crippen molar-refractivity contribution in [3.63, 3.8) is 0 Å². The van der Waals surface area contributed by atoms with Crippen molar-refractivity contribution in [2.24, 2.45) is 0 Å². The van der Waals surface area contributed by atoms with Gasteiger partial charge < -0.3 is 14.8 Å². The van der Waals surface area contributed by atoms with Gasteiger partial charge >= 0.3 is 0 Å². The number of methoxy groups -OCH3 is 2. The minimum absolute atomic E-state index is 0.521. The molecule has 0 amide bonds. The largest absolute Gasteiger partial charge is 0.495 e. The third-order valence-electron chi connectivity index (χ3n) is 2.69. The Bertz CT molecular complexity index is 619. The number of hydrogen-bond donors (Lipinski definition) is 1. The molecule has 2 aromatic rings. The van der Waals surface area contributed by atoms with Gasteiger partial charge in [0.2, 0.25) is 0 Å². The number of benzene rings is 1. The van der Waals surface area contributed by atoms with E-state index in [1.54, 1.807) is 37.8 Å². The molecule has 0 aliphatic carbocycles. The lowest BCUT2D eigenvalue weighted by Crippen LogP contribution is -2.06. The topological polar surface area (TPSA) is 67.2 Å². The second-order valence-electron chi connectivity index (χ2n) is 3.98. The zero-order valence-electron chi connectivity index (χ0n) is 11.3. The molecule has 1 heterocycles. The van der Waals surface area contributed by atoms with Gasteiger partial charge in [-0.3, -0.25) is 0 Å². The van der Waals surface area contributed by atoms with Gasteiger partial charge in [-0.25, -0.2) is 4.98 Å². The fourth-order valence-corrected chi connectivity index (χ4v) is 2.54. The minimum Gasteiger partial charge on any atom is -0.495 e. The smallest absolute Gasteiger partial charge is 0.183 e. The second-order valence-corrected chi connectivity index (χ2v) is 5.01. The zero-order valence-corrected chi connectivity index (χ0v) is 12.2. The van der Waals surface area contributed by atoms with Crippen molar-refractivity contribution in [3.05, 3.63) is 30.0 Å². The molecule has 0 aliphatic heterocycles. The molecular formula is C14H15N3O2S. The quantitative estimate of drug-likeness (QED) is 0.828. The van der Waals surface area contributed by atoms with Crippen molar-refractivity contribution >= 4 is 16.5 Å². The van der Waals surface area contributed by atoms with Crippen molar-refractivity contribution in [3.8, 4) is 22.3 Å². The molecule has 20 heavy (non-hydrogen) atoms. The molecule has 0 fully saturated rings. The van der Waals surface area contributed by atoms with E-state index in [9.17, 15) is 0 Å². The number of nitriles is 1. The summed E-state index contributed by atoms with van der Waals surface area (Å²) in [6.45, 7) is 1.35. The Morgan fingerprint density at radius 3 is 2.95 bits per heavy atom. The van der Waals surface area contributed by atoms with Gasteiger partial charge in [-0.15, -0.1) is 0 Å². The summed E-state index contributed by atoms with van der Waals surface area (Å²) in [6.07, 6.45) is 1.79. The number of thiazole rings is 1. The minimum atomic E-state index is 0.521. The average Bonchev–Trinajstić information content (AvgIpc) is 2.95. The highest BCUT2D eigenvalue weighted by atomic mass is 32.1. The Labute approximate surface area is 121 Å². The molecule has 0 saturated carbocycles. The number of ether oxygens (including phenoxy) is 2. The van der Waals surface area contributed by atoms with Crippen LogP contribution < -0.4 is 10.1 Å². The molecule has 2 rings (SSSR count). The van der Waals surface area contributed by atoms with Gasteiger partial charge in [0.15, 0.2) is 5.13 Å². The van der Waals surface area contributed by atoms with Crippen LogP contribution in [0, 0.1) is 11.3 Å². The van der Waals surface area contributed by atoms with E-state index in [1.807, 2.05) is 12.1 Å². The van der Waals surface area contributed by atoms with E-state index in [4.69, 9.17) is 14.7 Å². The first-order valence-corrected chi connectivity index (χ1v) is 6.87. The highest BCUT2D eigenvalue weighted by molar-refractivity contribution is 7.18. The SMILES string of the molecule is COCCNc1ncc(-c2ccc(OC)c(C#N)c2)s1. The van der Waals surface area contributed by atoms with Crippen molar-refractivity contribution in [2.45, 2.75) is 0 Å². The first-order valence-electron chi connectivity index (χ1n) is 6.05. The Morgan fingerprint density at radius 1 is 1.40 bits per heavy atom. The first-order chi connectivity index (χ1) is 9.78. The fraction of sp³-hybridized carbons (Fsp3) is 0.286. The van der Waals surface area contributed by atoms with Crippen LogP contribution in [0.15, 0.2) is 24.4 Å². The van der Waals surface area contributed by atoms with Gasteiger partial charge in [-0.05, 0) is 23.8 Å². The van der Waals surface area contributed by atoms with Crippen LogP contribution >= 0.6 is 11.3 Å². The average molecular weight is 289 g/mol. The molecule has 0 bridgehead atoms. The molecule has 0 spiro atoms. The van der Waals surface area contributed by atoms with Crippen LogP contribution in [-0.4, -0.2) is 32.4 Å². The van der Waals surface area contributed by atoms with Gasteiger partial charge in [0.25, 0.3) is 0 Å². The number of rotatable bonds is 6. The van der Waals surface area contributed by atoms with Crippen LogP contribution in [0.3, 0.4) is 0 Å². The lowest BCUT2D eigenvalue weighted by Gasteiger charge is -2.04. The summed E-state index contributed by atoms with van der Waals surface area (Å²) in [7, 11) is 3.22. The van der Waals surface area contributed by atoms with Gasteiger partial charge in [-0.1, -0.05) is 11.3 Å². The monoisotopic (exact) mass is 289 g/mol. The van der Waals surface area contributed by atoms with E-state index in [0.29, 0.717) is 17.9 Å². The molecule has 5 nitrogen and oxygen atoms in total. The number of hydrogen-bond acceptors (Lipinski definition) is 6. The van der Waals surface area contributed by atoms with Crippen LogP contribution in [-0.2, 0) is 4.74 Å². The van der Waals surface area contributed by atoms with Crippen LogP contribution in [0.2, 0.25) is 0 Å². The first kappa shape index (κ1) is 14.3. The van der Waals surface area contributed by atoms with E-state index in [-0.39, 0.29) is 0 Å². The maximum atomic E-state index is 9.10. The molecule has 1 aromatic carbocycles. The fourth-order valence-electron chi connectivity index (χ4n) is 1.70. The van der Waals surface area contributed by atoms with Crippen molar-refractivity contribution in [1.29, 1.82) is 5.26 Å². The third-order valence-corrected chi connectivity index (χ3v) is 3.70. The number of aromatic nitrogens is 1. The van der Waals surface area contributed by atoms with Crippen molar-refractivity contribution < 1.29 is 9.47 Å². The molecule has 0 atom stereocenters. The summed E-state index contributed by atoms with van der Waals surface area (Å²) in [6, 6.07) is 7.66. The van der Waals surface area contributed by atoms with Crippen LogP contribution in [0.1, 0.15) is 5.56 Å². The second kappa shape index (κ2) is 6.89. The van der Waals surface area contributed by atoms with Crippen LogP contribution in [0.25, 0.3) is 10.4 Å². The van der Waals surface area contributed by atoms with E-state index in [2.05, 4.69) is 16.4 Å². The van der Waals surface area contributed by atoms with Crippen LogP contribution in [0.5, 0.6) is 5.75 Å². The lowest BCUT2D eigenvalue weighted by molar-refractivity contribution is 0.211. The molecule has 0 radical (unpaired) electrons. The Hall–Kier alpha value is -2.10. The predicted molar refractivity (Wildman–Crippen MR) is 79.2 cm³/mol. The van der Waals surface area contributed by atoms with Crippen molar-refractivity contribution in [2.75, 3.05) is 32.7 Å². The molecule has 0 unspecified atom stereocenters. The molecule has 1 N–H and O–H groups in total. The van der Waals surface area contributed by atoms with Gasteiger partial charge in [0, 0.05) is 19.9 Å². The summed E-state index contributed by atoms with van der Waals surface area (Å²) in [5, 5.41) is 13.1. The lowest BCUT2D eigenvalue weighted by atomic mass is 10.1. The summed E-state index contributed by atoms with van der Waals surface area (Å²) in [4.78, 5) is 5.30. The Morgan fingerprint density at radius 2 is 2.25 bits per heavy atom. The summed E-state index contributed by atoms with van der Waals surface area (Å²) < 4.78 is 10.1. The highest BCUT2D eigenvalue weighted by Gasteiger charge is 2.08. The Balaban J connectivity index is 2.18. The van der Waals surface area contributed by atoms with Crippen molar-refractivity contribution in [1.82, 2.24) is 4.98 Å². The van der Waals surface area contributed by atoms with E-state index in [1.165, 1.54) is 0 Å². The molecule has 1 aromatic heterocycles. The molecular weight excluding hydrogens is 274 g/mol. The van der Waals surface area contributed by atoms with Gasteiger partial charge in [0.05, 0.1) is 24.2 Å². The maximum Gasteiger partial charge on any atom is 0.183 e. The van der Waals surface area contributed by atoms with Gasteiger partial charge in [-0.2, -0.15) is 5.26 Å². The highest BCUT2D eigenvalue weighted by Crippen LogP contribution is 2.31. The van der Waals surface area contributed by atoms with Crippen LogP contribution in [0.4, 0.5) is 5.13 Å². The number of nitrogens with one attached hydrogen (secondary N) is 1. The third kappa shape index (κ3) is 3.26. The molecule has 0 saturated heterocycles. The van der Waals surface area contributed by atoms with E-state index >= 15 is 0 Å². The Kier molecular flexibility index (Phi) is 4.93. The molecule has 6 heteroatoms. The van der Waals surface area contributed by atoms with E-state index < -0.39 is 0 Å². The van der Waals surface area contributed by atoms with E-state index in [0.717, 1.165) is 22.1 Å². The maximum absolute atomic E-state index is 9.10. The van der Waals surface area contributed by atoms with Gasteiger partial charge in [0.1, 0.15) is 11.8 Å². The summed E-state index contributed by atoms with van der Waals surface area (Å²) in [5.74, 6) is 0.583. The zero-order chi connectivity index (χ0) is 14.4. The predicted octanol–water partition coefficient (Wildman–Crippen LogP) is 2.75. The summed E-state index contributed by atoms with van der Waals surface area (Å²) in [5.41, 5.74) is 1.48. The summed E-state index contributed by atoms with van der Waals surface area (Å²) >= 11 is 1.54. The molecule has 0 aliphatic rings.